The average molecular weight is 422 g/mol. The Kier molecular flexibility index (Phi) is 4.74. The number of nitrogens with zero attached hydrogens (tertiary/aromatic N) is 2. The molecule has 31 heavy (non-hydrogen) atoms. The SMILES string of the molecule is C[C@@]12CCC(C[C@H](Oc3ccc(-c4ccc(-c5cc[nH]c(=O)c5)cc4O)nn3)[C@H]1F)N2. The van der Waals surface area contributed by atoms with Gasteiger partial charge in [-0.25, -0.2) is 4.39 Å². The van der Waals surface area contributed by atoms with Crippen LogP contribution in [-0.2, 0) is 0 Å². The molecule has 1 aromatic carbocycles. The smallest absolute Gasteiger partial charge is 0.248 e. The van der Waals surface area contributed by atoms with E-state index in [-0.39, 0.29) is 23.2 Å². The molecule has 2 fully saturated rings. The number of halogens is 1. The van der Waals surface area contributed by atoms with Gasteiger partial charge < -0.3 is 20.1 Å². The van der Waals surface area contributed by atoms with Crippen molar-refractivity contribution in [3.63, 3.8) is 0 Å². The summed E-state index contributed by atoms with van der Waals surface area (Å²) >= 11 is 0. The summed E-state index contributed by atoms with van der Waals surface area (Å²) in [5.74, 6) is 0.286. The molecule has 3 aromatic rings. The van der Waals surface area contributed by atoms with E-state index in [2.05, 4.69) is 20.5 Å². The number of ether oxygens (including phenoxy) is 1. The molecule has 2 aromatic heterocycles. The van der Waals surface area contributed by atoms with Crippen LogP contribution >= 0.6 is 0 Å². The van der Waals surface area contributed by atoms with Crippen LogP contribution in [0.1, 0.15) is 26.2 Å². The summed E-state index contributed by atoms with van der Waals surface area (Å²) in [4.78, 5) is 14.1. The molecular weight excluding hydrogens is 399 g/mol. The fourth-order valence-electron chi connectivity index (χ4n) is 4.63. The molecule has 2 aliphatic rings. The Morgan fingerprint density at radius 1 is 1.16 bits per heavy atom. The van der Waals surface area contributed by atoms with E-state index in [0.717, 1.165) is 12.8 Å². The fraction of sp³-hybridized carbons (Fsp3) is 0.348. The third-order valence-electron chi connectivity index (χ3n) is 6.29. The van der Waals surface area contributed by atoms with Crippen molar-refractivity contribution in [3.8, 4) is 34.0 Å². The van der Waals surface area contributed by atoms with Crippen molar-refractivity contribution in [2.45, 2.75) is 50.0 Å². The zero-order valence-electron chi connectivity index (χ0n) is 17.0. The summed E-state index contributed by atoms with van der Waals surface area (Å²) in [6.45, 7) is 1.90. The first-order valence-electron chi connectivity index (χ1n) is 10.4. The third-order valence-corrected chi connectivity index (χ3v) is 6.29. The summed E-state index contributed by atoms with van der Waals surface area (Å²) in [6, 6.07) is 11.9. The number of alkyl halides is 1. The number of hydrogen-bond donors (Lipinski definition) is 3. The van der Waals surface area contributed by atoms with Gasteiger partial charge in [0.1, 0.15) is 11.9 Å². The summed E-state index contributed by atoms with van der Waals surface area (Å²) in [6.07, 6.45) is 2.24. The normalized spacial score (nSPS) is 27.2. The molecule has 2 bridgehead atoms. The van der Waals surface area contributed by atoms with Gasteiger partial charge in [-0.2, -0.15) is 0 Å². The molecular formula is C23H23FN4O3. The molecule has 0 saturated carbocycles. The minimum atomic E-state index is -1.12. The third kappa shape index (κ3) is 3.67. The van der Waals surface area contributed by atoms with Crippen molar-refractivity contribution in [1.82, 2.24) is 20.5 Å². The molecule has 8 heteroatoms. The molecule has 4 heterocycles. The maximum Gasteiger partial charge on any atom is 0.248 e. The van der Waals surface area contributed by atoms with E-state index < -0.39 is 17.8 Å². The molecule has 4 atom stereocenters. The summed E-state index contributed by atoms with van der Waals surface area (Å²) in [7, 11) is 0. The van der Waals surface area contributed by atoms with E-state index >= 15 is 0 Å². The Morgan fingerprint density at radius 3 is 2.74 bits per heavy atom. The Labute approximate surface area is 178 Å². The van der Waals surface area contributed by atoms with Crippen LogP contribution in [0, 0.1) is 0 Å². The van der Waals surface area contributed by atoms with Crippen molar-refractivity contribution in [2.75, 3.05) is 0 Å². The van der Waals surface area contributed by atoms with Crippen molar-refractivity contribution in [3.05, 3.63) is 59.0 Å². The molecule has 0 amide bonds. The van der Waals surface area contributed by atoms with Crippen molar-refractivity contribution in [2.24, 2.45) is 0 Å². The first kappa shape index (κ1) is 19.7. The molecule has 0 radical (unpaired) electrons. The van der Waals surface area contributed by atoms with E-state index in [4.69, 9.17) is 4.74 Å². The highest BCUT2D eigenvalue weighted by Gasteiger charge is 2.51. The standard InChI is InChI=1S/C23H23FN4O3/c1-23-8-6-15(26-23)12-19(22(23)24)31-21-5-4-17(27-28-21)16-3-2-13(10-18(16)29)14-7-9-25-20(30)11-14/h2-5,7,9-11,15,19,22,26,29H,6,8,12H2,1H3,(H,25,30)/t15?,19-,22+,23+/m0/s1. The van der Waals surface area contributed by atoms with Crippen LogP contribution in [0.4, 0.5) is 4.39 Å². The van der Waals surface area contributed by atoms with Gasteiger partial charge in [0.05, 0.1) is 11.2 Å². The van der Waals surface area contributed by atoms with Gasteiger partial charge in [-0.15, -0.1) is 10.2 Å². The number of pyridine rings is 1. The highest BCUT2D eigenvalue weighted by molar-refractivity contribution is 5.74. The first-order chi connectivity index (χ1) is 14.9. The molecule has 2 aliphatic heterocycles. The lowest BCUT2D eigenvalue weighted by molar-refractivity contribution is 0.00813. The molecule has 1 unspecified atom stereocenters. The quantitative estimate of drug-likeness (QED) is 0.597. The lowest BCUT2D eigenvalue weighted by atomic mass is 9.88. The van der Waals surface area contributed by atoms with E-state index in [1.54, 1.807) is 42.6 Å². The van der Waals surface area contributed by atoms with Crippen LogP contribution in [0.25, 0.3) is 22.4 Å². The average Bonchev–Trinajstić information content (AvgIpc) is 3.10. The summed E-state index contributed by atoms with van der Waals surface area (Å²) in [5.41, 5.74) is 1.63. The second-order valence-corrected chi connectivity index (χ2v) is 8.52. The van der Waals surface area contributed by atoms with Crippen LogP contribution in [0.3, 0.4) is 0 Å². The zero-order valence-corrected chi connectivity index (χ0v) is 17.0. The zero-order chi connectivity index (χ0) is 21.6. The highest BCUT2D eigenvalue weighted by atomic mass is 19.1. The van der Waals surface area contributed by atoms with E-state index in [0.29, 0.717) is 28.8 Å². The number of H-pyrrole nitrogens is 1. The lowest BCUT2D eigenvalue weighted by Gasteiger charge is -2.39. The number of phenolic OH excluding ortho intramolecular Hbond substituents is 1. The highest BCUT2D eigenvalue weighted by Crippen LogP contribution is 2.39. The fourth-order valence-corrected chi connectivity index (χ4v) is 4.63. The lowest BCUT2D eigenvalue weighted by Crippen LogP contribution is -2.59. The van der Waals surface area contributed by atoms with Crippen molar-refractivity contribution in [1.29, 1.82) is 0 Å². The van der Waals surface area contributed by atoms with Crippen LogP contribution in [0.2, 0.25) is 0 Å². The van der Waals surface area contributed by atoms with Gasteiger partial charge in [0.25, 0.3) is 0 Å². The van der Waals surface area contributed by atoms with Gasteiger partial charge in [0, 0.05) is 36.4 Å². The predicted octanol–water partition coefficient (Wildman–Crippen LogP) is 3.20. The Balaban J connectivity index is 1.34. The number of benzene rings is 1. The van der Waals surface area contributed by atoms with E-state index in [1.807, 2.05) is 6.92 Å². The number of fused-ring (bicyclic) bond motifs is 2. The van der Waals surface area contributed by atoms with Gasteiger partial charge in [0.15, 0.2) is 6.17 Å². The minimum Gasteiger partial charge on any atom is -0.507 e. The first-order valence-corrected chi connectivity index (χ1v) is 10.4. The molecule has 0 spiro atoms. The summed E-state index contributed by atoms with van der Waals surface area (Å²) < 4.78 is 20.8. The summed E-state index contributed by atoms with van der Waals surface area (Å²) in [5, 5.41) is 22.1. The second kappa shape index (κ2) is 7.46. The molecule has 7 nitrogen and oxygen atoms in total. The Hall–Kier alpha value is -3.26. The second-order valence-electron chi connectivity index (χ2n) is 8.52. The number of phenols is 1. The van der Waals surface area contributed by atoms with Gasteiger partial charge in [-0.05, 0) is 55.2 Å². The Morgan fingerprint density at radius 2 is 2.00 bits per heavy atom. The van der Waals surface area contributed by atoms with Gasteiger partial charge >= 0.3 is 0 Å². The van der Waals surface area contributed by atoms with Crippen LogP contribution in [0.15, 0.2) is 53.5 Å². The maximum absolute atomic E-state index is 14.9. The molecule has 160 valence electrons. The number of nitrogens with one attached hydrogen (secondary N) is 2. The molecule has 2 saturated heterocycles. The van der Waals surface area contributed by atoms with Gasteiger partial charge in [0.2, 0.25) is 11.4 Å². The molecule has 3 N–H and O–H groups in total. The van der Waals surface area contributed by atoms with Gasteiger partial charge in [-0.1, -0.05) is 6.07 Å². The van der Waals surface area contributed by atoms with E-state index in [1.165, 1.54) is 6.07 Å². The number of aromatic hydroxyl groups is 1. The Bertz CT molecular complexity index is 1170. The molecule has 0 aliphatic carbocycles. The van der Waals surface area contributed by atoms with Crippen LogP contribution < -0.4 is 15.6 Å². The minimum absolute atomic E-state index is 0.0208. The number of aromatic amines is 1. The largest absolute Gasteiger partial charge is 0.507 e. The number of aromatic nitrogens is 3. The number of rotatable bonds is 4. The van der Waals surface area contributed by atoms with E-state index in [9.17, 15) is 14.3 Å². The van der Waals surface area contributed by atoms with Gasteiger partial charge in [-0.3, -0.25) is 4.79 Å². The maximum atomic E-state index is 14.9. The van der Waals surface area contributed by atoms with Crippen LogP contribution in [-0.4, -0.2) is 44.1 Å². The topological polar surface area (TPSA) is 100 Å². The predicted molar refractivity (Wildman–Crippen MR) is 114 cm³/mol. The molecule has 5 rings (SSSR count). The number of hydrogen-bond acceptors (Lipinski definition) is 6. The monoisotopic (exact) mass is 422 g/mol. The number of piperidine rings is 1. The van der Waals surface area contributed by atoms with Crippen LogP contribution in [0.5, 0.6) is 11.6 Å². The van der Waals surface area contributed by atoms with Crippen molar-refractivity contribution < 1.29 is 14.2 Å². The van der Waals surface area contributed by atoms with Crippen molar-refractivity contribution >= 4 is 0 Å².